The molecule has 0 fully saturated rings. The molecule has 0 amide bonds. The molecule has 30 heavy (non-hydrogen) atoms. The van der Waals surface area contributed by atoms with Crippen LogP contribution in [0.25, 0.3) is 22.5 Å². The molecule has 2 aromatic carbocycles. The lowest BCUT2D eigenvalue weighted by atomic mass is 9.99. The Labute approximate surface area is 173 Å². The van der Waals surface area contributed by atoms with Crippen LogP contribution in [0.3, 0.4) is 0 Å². The van der Waals surface area contributed by atoms with Crippen molar-refractivity contribution in [2.75, 3.05) is 5.73 Å². The Hall–Kier alpha value is -4.24. The number of benzene rings is 2. The van der Waals surface area contributed by atoms with Crippen LogP contribution in [0.15, 0.2) is 77.7 Å². The van der Waals surface area contributed by atoms with Crippen molar-refractivity contribution in [1.29, 1.82) is 5.26 Å². The maximum atomic E-state index is 12.4. The lowest BCUT2D eigenvalue weighted by Crippen LogP contribution is -2.19. The van der Waals surface area contributed by atoms with Gasteiger partial charge < -0.3 is 10.3 Å². The summed E-state index contributed by atoms with van der Waals surface area (Å²) in [5.41, 5.74) is 11.2. The third-order valence-corrected chi connectivity index (χ3v) is 4.95. The van der Waals surface area contributed by atoms with E-state index in [0.29, 0.717) is 23.5 Å². The number of pyridine rings is 1. The van der Waals surface area contributed by atoms with Gasteiger partial charge in [-0.2, -0.15) is 5.26 Å². The van der Waals surface area contributed by atoms with Crippen molar-refractivity contribution in [1.82, 2.24) is 14.5 Å². The molecule has 0 aliphatic rings. The molecule has 0 atom stereocenters. The van der Waals surface area contributed by atoms with Crippen molar-refractivity contribution in [3.8, 4) is 28.6 Å². The second-order valence-corrected chi connectivity index (χ2v) is 6.96. The first-order chi connectivity index (χ1) is 14.5. The number of hydrogen-bond donors (Lipinski definition) is 1. The van der Waals surface area contributed by atoms with Gasteiger partial charge in [-0.1, -0.05) is 42.5 Å². The molecule has 0 saturated carbocycles. The zero-order valence-corrected chi connectivity index (χ0v) is 16.4. The summed E-state index contributed by atoms with van der Waals surface area (Å²) < 4.78 is 1.64. The highest BCUT2D eigenvalue weighted by Crippen LogP contribution is 2.28. The minimum atomic E-state index is -0.0950. The van der Waals surface area contributed by atoms with Crippen LogP contribution in [-0.2, 0) is 6.54 Å². The van der Waals surface area contributed by atoms with E-state index in [0.717, 1.165) is 22.3 Å². The largest absolute Gasteiger partial charge is 0.368 e. The van der Waals surface area contributed by atoms with Crippen LogP contribution in [0.1, 0.15) is 16.7 Å². The molecule has 0 radical (unpaired) electrons. The number of rotatable bonds is 4. The highest BCUT2D eigenvalue weighted by Gasteiger charge is 2.12. The Balaban J connectivity index is 1.78. The number of anilines is 1. The van der Waals surface area contributed by atoms with E-state index in [1.165, 1.54) is 6.07 Å². The van der Waals surface area contributed by atoms with Gasteiger partial charge in [0.2, 0.25) is 5.95 Å². The third kappa shape index (κ3) is 3.82. The van der Waals surface area contributed by atoms with Crippen LogP contribution in [0, 0.1) is 18.3 Å². The van der Waals surface area contributed by atoms with Crippen LogP contribution in [0.5, 0.6) is 0 Å². The SMILES string of the molecule is Cc1c(C#N)cccc1-c1cc(-c2ccc(=O)n(Cc3ccccc3)c2)nc(N)n1. The maximum Gasteiger partial charge on any atom is 0.250 e. The van der Waals surface area contributed by atoms with Gasteiger partial charge in [-0.15, -0.1) is 0 Å². The van der Waals surface area contributed by atoms with E-state index in [9.17, 15) is 10.1 Å². The maximum absolute atomic E-state index is 12.4. The molecule has 2 N–H and O–H groups in total. The van der Waals surface area contributed by atoms with E-state index in [4.69, 9.17) is 5.73 Å². The third-order valence-electron chi connectivity index (χ3n) is 4.95. The molecular formula is C24H19N5O. The Morgan fingerprint density at radius 2 is 1.77 bits per heavy atom. The fraction of sp³-hybridized carbons (Fsp3) is 0.0833. The van der Waals surface area contributed by atoms with Crippen molar-refractivity contribution in [2.45, 2.75) is 13.5 Å². The lowest BCUT2D eigenvalue weighted by molar-refractivity contribution is 0.760. The molecule has 146 valence electrons. The van der Waals surface area contributed by atoms with E-state index in [1.54, 1.807) is 22.9 Å². The van der Waals surface area contributed by atoms with Crippen molar-refractivity contribution >= 4 is 5.95 Å². The van der Waals surface area contributed by atoms with Gasteiger partial charge in [0.15, 0.2) is 0 Å². The highest BCUT2D eigenvalue weighted by molar-refractivity contribution is 5.72. The first kappa shape index (κ1) is 19.1. The molecule has 0 saturated heterocycles. The van der Waals surface area contributed by atoms with E-state index in [1.807, 2.05) is 55.5 Å². The van der Waals surface area contributed by atoms with Gasteiger partial charge in [0.1, 0.15) is 0 Å². The molecule has 2 aromatic heterocycles. The van der Waals surface area contributed by atoms with Gasteiger partial charge in [-0.05, 0) is 36.2 Å². The van der Waals surface area contributed by atoms with E-state index < -0.39 is 0 Å². The Kier molecular flexibility index (Phi) is 5.10. The molecule has 0 aliphatic carbocycles. The summed E-state index contributed by atoms with van der Waals surface area (Å²) in [4.78, 5) is 21.1. The molecule has 4 aromatic rings. The summed E-state index contributed by atoms with van der Waals surface area (Å²) in [6.45, 7) is 2.34. The number of nitrogens with two attached hydrogens (primary N) is 1. The molecule has 6 heteroatoms. The minimum absolute atomic E-state index is 0.0950. The number of nitrogens with zero attached hydrogens (tertiary/aromatic N) is 4. The molecule has 0 bridgehead atoms. The van der Waals surface area contributed by atoms with Gasteiger partial charge in [0.05, 0.1) is 29.6 Å². The molecule has 0 aliphatic heterocycles. The predicted octanol–water partition coefficient (Wildman–Crippen LogP) is 3.78. The van der Waals surface area contributed by atoms with Gasteiger partial charge in [0, 0.05) is 23.4 Å². The standard InChI is InChI=1S/C24H19N5O/c1-16-18(13-25)8-5-9-20(16)22-12-21(27-24(26)28-22)19-10-11-23(30)29(15-19)14-17-6-3-2-4-7-17/h2-12,15H,14H2,1H3,(H2,26,27,28). The number of hydrogen-bond acceptors (Lipinski definition) is 5. The molecule has 4 rings (SSSR count). The fourth-order valence-electron chi connectivity index (χ4n) is 3.37. The van der Waals surface area contributed by atoms with Crippen LogP contribution in [0.4, 0.5) is 5.95 Å². The predicted molar refractivity (Wildman–Crippen MR) is 117 cm³/mol. The first-order valence-corrected chi connectivity index (χ1v) is 9.44. The molecule has 2 heterocycles. The topological polar surface area (TPSA) is 97.6 Å². The second kappa shape index (κ2) is 8.02. The summed E-state index contributed by atoms with van der Waals surface area (Å²) in [5, 5.41) is 9.31. The Morgan fingerprint density at radius 1 is 1.00 bits per heavy atom. The first-order valence-electron chi connectivity index (χ1n) is 9.44. The quantitative estimate of drug-likeness (QED) is 0.569. The summed E-state index contributed by atoms with van der Waals surface area (Å²) in [6.07, 6.45) is 1.78. The number of nitrogen functional groups attached to an aromatic ring is 1. The van der Waals surface area contributed by atoms with Gasteiger partial charge in [0.25, 0.3) is 5.56 Å². The fourth-order valence-corrected chi connectivity index (χ4v) is 3.37. The van der Waals surface area contributed by atoms with E-state index in [2.05, 4.69) is 16.0 Å². The Bertz CT molecular complexity index is 1320. The van der Waals surface area contributed by atoms with Crippen LogP contribution in [-0.4, -0.2) is 14.5 Å². The van der Waals surface area contributed by atoms with Crippen molar-refractivity contribution in [3.05, 3.63) is 100.0 Å². The molecule has 0 unspecified atom stereocenters. The number of aromatic nitrogens is 3. The summed E-state index contributed by atoms with van der Waals surface area (Å²) in [6, 6.07) is 22.5. The summed E-state index contributed by atoms with van der Waals surface area (Å²) in [7, 11) is 0. The Morgan fingerprint density at radius 3 is 2.53 bits per heavy atom. The number of nitriles is 1. The summed E-state index contributed by atoms with van der Waals surface area (Å²) >= 11 is 0. The van der Waals surface area contributed by atoms with E-state index >= 15 is 0 Å². The molecule has 6 nitrogen and oxygen atoms in total. The van der Waals surface area contributed by atoms with Crippen molar-refractivity contribution in [2.24, 2.45) is 0 Å². The van der Waals surface area contributed by atoms with Crippen LogP contribution >= 0.6 is 0 Å². The zero-order chi connectivity index (χ0) is 21.1. The van der Waals surface area contributed by atoms with Crippen molar-refractivity contribution < 1.29 is 0 Å². The molecular weight excluding hydrogens is 374 g/mol. The minimum Gasteiger partial charge on any atom is -0.368 e. The highest BCUT2D eigenvalue weighted by atomic mass is 16.1. The summed E-state index contributed by atoms with van der Waals surface area (Å²) in [5.74, 6) is 0.130. The molecule has 0 spiro atoms. The second-order valence-electron chi connectivity index (χ2n) is 6.96. The van der Waals surface area contributed by atoms with E-state index in [-0.39, 0.29) is 11.5 Å². The zero-order valence-electron chi connectivity index (χ0n) is 16.4. The van der Waals surface area contributed by atoms with Crippen LogP contribution < -0.4 is 11.3 Å². The normalized spacial score (nSPS) is 10.5. The van der Waals surface area contributed by atoms with Gasteiger partial charge >= 0.3 is 0 Å². The van der Waals surface area contributed by atoms with Crippen molar-refractivity contribution in [3.63, 3.8) is 0 Å². The van der Waals surface area contributed by atoms with Gasteiger partial charge in [-0.25, -0.2) is 9.97 Å². The van der Waals surface area contributed by atoms with Gasteiger partial charge in [-0.3, -0.25) is 4.79 Å². The smallest absolute Gasteiger partial charge is 0.250 e. The van der Waals surface area contributed by atoms with Crippen LogP contribution in [0.2, 0.25) is 0 Å². The average molecular weight is 393 g/mol. The lowest BCUT2D eigenvalue weighted by Gasteiger charge is -2.11. The monoisotopic (exact) mass is 393 g/mol. The average Bonchev–Trinajstić information content (AvgIpc) is 2.76.